The molecular formula is C17H24N2O3. The molecule has 22 heavy (non-hydrogen) atoms. The van der Waals surface area contributed by atoms with E-state index in [9.17, 15) is 9.59 Å². The summed E-state index contributed by atoms with van der Waals surface area (Å²) in [5, 5.41) is 2.76. The number of amides is 2. The molecule has 0 saturated carbocycles. The van der Waals surface area contributed by atoms with Crippen LogP contribution in [0.15, 0.2) is 24.3 Å². The van der Waals surface area contributed by atoms with E-state index in [0.717, 1.165) is 25.9 Å². The summed E-state index contributed by atoms with van der Waals surface area (Å²) in [6.45, 7) is 4.81. The number of benzene rings is 1. The van der Waals surface area contributed by atoms with Crippen molar-refractivity contribution in [2.75, 3.05) is 33.4 Å². The molecule has 1 aromatic rings. The zero-order valence-electron chi connectivity index (χ0n) is 13.3. The molecule has 1 saturated heterocycles. The first-order valence-electron chi connectivity index (χ1n) is 7.78. The van der Waals surface area contributed by atoms with E-state index in [0.29, 0.717) is 30.2 Å². The Kier molecular flexibility index (Phi) is 5.95. The van der Waals surface area contributed by atoms with E-state index < -0.39 is 0 Å². The minimum atomic E-state index is -0.150. The van der Waals surface area contributed by atoms with E-state index in [4.69, 9.17) is 4.74 Å². The molecule has 1 heterocycles. The van der Waals surface area contributed by atoms with Gasteiger partial charge in [-0.05, 0) is 43.0 Å². The van der Waals surface area contributed by atoms with Crippen molar-refractivity contribution >= 4 is 11.8 Å². The van der Waals surface area contributed by atoms with Gasteiger partial charge in [0, 0.05) is 37.9 Å². The molecular weight excluding hydrogens is 280 g/mol. The number of rotatable bonds is 5. The summed E-state index contributed by atoms with van der Waals surface area (Å²) in [5.74, 6) is 0.600. The lowest BCUT2D eigenvalue weighted by molar-refractivity contribution is 0.0696. The number of nitrogens with one attached hydrogen (secondary N) is 1. The van der Waals surface area contributed by atoms with Crippen LogP contribution in [-0.4, -0.2) is 50.1 Å². The number of nitrogens with zero attached hydrogens (tertiary/aromatic N) is 1. The van der Waals surface area contributed by atoms with Crippen LogP contribution in [-0.2, 0) is 4.74 Å². The summed E-state index contributed by atoms with van der Waals surface area (Å²) >= 11 is 0. The molecule has 0 aliphatic carbocycles. The quantitative estimate of drug-likeness (QED) is 0.846. The van der Waals surface area contributed by atoms with Gasteiger partial charge >= 0.3 is 0 Å². The Morgan fingerprint density at radius 1 is 1.18 bits per heavy atom. The number of hydrogen-bond donors (Lipinski definition) is 1. The second-order valence-electron chi connectivity index (χ2n) is 5.80. The largest absolute Gasteiger partial charge is 0.383 e. The van der Waals surface area contributed by atoms with Crippen LogP contribution < -0.4 is 5.32 Å². The van der Waals surface area contributed by atoms with Gasteiger partial charge in [0.05, 0.1) is 6.61 Å². The fraction of sp³-hybridized carbons (Fsp3) is 0.529. The second-order valence-corrected chi connectivity index (χ2v) is 5.80. The van der Waals surface area contributed by atoms with E-state index in [2.05, 4.69) is 12.2 Å². The molecule has 2 amide bonds. The lowest BCUT2D eigenvalue weighted by atomic mass is 9.98. The number of carbonyl (C=O) groups is 2. The third-order valence-electron chi connectivity index (χ3n) is 4.06. The van der Waals surface area contributed by atoms with Gasteiger partial charge in [0.25, 0.3) is 11.8 Å². The topological polar surface area (TPSA) is 58.6 Å². The highest BCUT2D eigenvalue weighted by atomic mass is 16.5. The molecule has 1 aromatic carbocycles. The van der Waals surface area contributed by atoms with Gasteiger partial charge < -0.3 is 15.0 Å². The standard InChI is InChI=1S/C17H24N2O3/c1-13-7-10-19(11-8-13)17(21)15-5-3-14(4-6-15)16(20)18-9-12-22-2/h3-6,13H,7-12H2,1-2H3,(H,18,20). The highest BCUT2D eigenvalue weighted by Gasteiger charge is 2.21. The van der Waals surface area contributed by atoms with E-state index in [1.165, 1.54) is 0 Å². The Morgan fingerprint density at radius 2 is 1.77 bits per heavy atom. The highest BCUT2D eigenvalue weighted by molar-refractivity contribution is 5.97. The van der Waals surface area contributed by atoms with Crippen molar-refractivity contribution in [3.63, 3.8) is 0 Å². The average molecular weight is 304 g/mol. The van der Waals surface area contributed by atoms with Crippen molar-refractivity contribution in [1.82, 2.24) is 10.2 Å². The van der Waals surface area contributed by atoms with Gasteiger partial charge in [0.1, 0.15) is 0 Å². The number of carbonyl (C=O) groups excluding carboxylic acids is 2. The molecule has 1 N–H and O–H groups in total. The summed E-state index contributed by atoms with van der Waals surface area (Å²) < 4.78 is 4.89. The van der Waals surface area contributed by atoms with Crippen LogP contribution in [0.1, 0.15) is 40.5 Å². The Bertz CT molecular complexity index is 505. The van der Waals surface area contributed by atoms with Crippen molar-refractivity contribution in [3.05, 3.63) is 35.4 Å². The predicted octanol–water partition coefficient (Wildman–Crippen LogP) is 1.93. The number of piperidine rings is 1. The first kappa shape index (κ1) is 16.5. The van der Waals surface area contributed by atoms with E-state index in [-0.39, 0.29) is 11.8 Å². The molecule has 2 rings (SSSR count). The van der Waals surface area contributed by atoms with E-state index in [1.807, 2.05) is 4.90 Å². The van der Waals surface area contributed by atoms with Crippen LogP contribution in [0.2, 0.25) is 0 Å². The van der Waals surface area contributed by atoms with Crippen LogP contribution in [0.3, 0.4) is 0 Å². The Morgan fingerprint density at radius 3 is 2.36 bits per heavy atom. The minimum absolute atomic E-state index is 0.0539. The van der Waals surface area contributed by atoms with Crippen molar-refractivity contribution < 1.29 is 14.3 Å². The van der Waals surface area contributed by atoms with E-state index in [1.54, 1.807) is 31.4 Å². The second kappa shape index (κ2) is 7.94. The fourth-order valence-electron chi connectivity index (χ4n) is 2.53. The Hall–Kier alpha value is -1.88. The number of methoxy groups -OCH3 is 1. The maximum atomic E-state index is 12.4. The molecule has 1 fully saturated rings. The first-order valence-corrected chi connectivity index (χ1v) is 7.78. The third-order valence-corrected chi connectivity index (χ3v) is 4.06. The lowest BCUT2D eigenvalue weighted by Crippen LogP contribution is -2.37. The number of ether oxygens (including phenoxy) is 1. The zero-order chi connectivity index (χ0) is 15.9. The van der Waals surface area contributed by atoms with Gasteiger partial charge in [-0.3, -0.25) is 9.59 Å². The zero-order valence-corrected chi connectivity index (χ0v) is 13.3. The smallest absolute Gasteiger partial charge is 0.253 e. The van der Waals surface area contributed by atoms with Crippen molar-refractivity contribution in [1.29, 1.82) is 0 Å². The number of likely N-dealkylation sites (tertiary alicyclic amines) is 1. The van der Waals surface area contributed by atoms with Crippen molar-refractivity contribution in [2.24, 2.45) is 5.92 Å². The molecule has 5 heteroatoms. The van der Waals surface area contributed by atoms with Gasteiger partial charge in [-0.25, -0.2) is 0 Å². The molecule has 1 aliphatic rings. The summed E-state index contributed by atoms with van der Waals surface area (Å²) in [7, 11) is 1.59. The van der Waals surface area contributed by atoms with Gasteiger partial charge in [0.2, 0.25) is 0 Å². The Balaban J connectivity index is 1.93. The minimum Gasteiger partial charge on any atom is -0.383 e. The van der Waals surface area contributed by atoms with Crippen LogP contribution in [0.4, 0.5) is 0 Å². The fourth-order valence-corrected chi connectivity index (χ4v) is 2.53. The first-order chi connectivity index (χ1) is 10.6. The van der Waals surface area contributed by atoms with Crippen LogP contribution in [0.5, 0.6) is 0 Å². The predicted molar refractivity (Wildman–Crippen MR) is 85.0 cm³/mol. The molecule has 0 radical (unpaired) electrons. The lowest BCUT2D eigenvalue weighted by Gasteiger charge is -2.30. The van der Waals surface area contributed by atoms with Gasteiger partial charge in [0.15, 0.2) is 0 Å². The Labute approximate surface area is 131 Å². The summed E-state index contributed by atoms with van der Waals surface area (Å²) in [4.78, 5) is 26.2. The molecule has 0 spiro atoms. The molecule has 5 nitrogen and oxygen atoms in total. The molecule has 0 bridgehead atoms. The average Bonchev–Trinajstić information content (AvgIpc) is 2.55. The van der Waals surface area contributed by atoms with Crippen LogP contribution >= 0.6 is 0 Å². The van der Waals surface area contributed by atoms with Crippen molar-refractivity contribution in [3.8, 4) is 0 Å². The normalized spacial score (nSPS) is 15.6. The summed E-state index contributed by atoms with van der Waals surface area (Å²) in [6, 6.07) is 6.85. The van der Waals surface area contributed by atoms with Crippen LogP contribution in [0, 0.1) is 5.92 Å². The maximum Gasteiger partial charge on any atom is 0.253 e. The van der Waals surface area contributed by atoms with E-state index >= 15 is 0 Å². The van der Waals surface area contributed by atoms with Gasteiger partial charge in [-0.1, -0.05) is 6.92 Å². The molecule has 0 atom stereocenters. The third kappa shape index (κ3) is 4.31. The molecule has 0 aromatic heterocycles. The summed E-state index contributed by atoms with van der Waals surface area (Å²) in [5.41, 5.74) is 1.20. The molecule has 0 unspecified atom stereocenters. The van der Waals surface area contributed by atoms with Crippen molar-refractivity contribution in [2.45, 2.75) is 19.8 Å². The van der Waals surface area contributed by atoms with Crippen LogP contribution in [0.25, 0.3) is 0 Å². The molecule has 120 valence electrons. The SMILES string of the molecule is COCCNC(=O)c1ccc(C(=O)N2CCC(C)CC2)cc1. The summed E-state index contributed by atoms with van der Waals surface area (Å²) in [6.07, 6.45) is 2.12. The monoisotopic (exact) mass is 304 g/mol. The van der Waals surface area contributed by atoms with Gasteiger partial charge in [-0.15, -0.1) is 0 Å². The maximum absolute atomic E-state index is 12.4. The highest BCUT2D eigenvalue weighted by Crippen LogP contribution is 2.18. The molecule has 1 aliphatic heterocycles. The van der Waals surface area contributed by atoms with Gasteiger partial charge in [-0.2, -0.15) is 0 Å². The number of hydrogen-bond acceptors (Lipinski definition) is 3.